The number of allylic oxidation sites excluding steroid dienone is 2. The summed E-state index contributed by atoms with van der Waals surface area (Å²) in [5.41, 5.74) is 0. The Kier molecular flexibility index (Phi) is 5.05. The van der Waals surface area contributed by atoms with Crippen LogP contribution < -0.4 is 0 Å². The van der Waals surface area contributed by atoms with Gasteiger partial charge in [-0.3, -0.25) is 14.5 Å². The van der Waals surface area contributed by atoms with Gasteiger partial charge in [-0.2, -0.15) is 0 Å². The number of amides is 2. The average Bonchev–Trinajstić information content (AvgIpc) is 2.56. The summed E-state index contributed by atoms with van der Waals surface area (Å²) in [5.74, 6) is 0.536. The van der Waals surface area contributed by atoms with Gasteiger partial charge in [0.25, 0.3) is 11.8 Å². The van der Waals surface area contributed by atoms with Gasteiger partial charge in [0.2, 0.25) is 0 Å². The van der Waals surface area contributed by atoms with E-state index < -0.39 is 0 Å². The highest BCUT2D eigenvalue weighted by molar-refractivity contribution is 8.03. The predicted molar refractivity (Wildman–Crippen MR) is 66.9 cm³/mol. The summed E-state index contributed by atoms with van der Waals surface area (Å²) in [7, 11) is 0. The Bertz CT molecular complexity index is 340. The van der Waals surface area contributed by atoms with Gasteiger partial charge in [0, 0.05) is 18.7 Å². The second kappa shape index (κ2) is 6.33. The smallest absolute Gasteiger partial charge is 0.253 e. The van der Waals surface area contributed by atoms with Crippen molar-refractivity contribution in [2.45, 2.75) is 13.3 Å². The predicted octanol–water partition coefficient (Wildman–Crippen LogP) is 2.12. The zero-order chi connectivity index (χ0) is 12.0. The maximum Gasteiger partial charge on any atom is 0.253 e. The lowest BCUT2D eigenvalue weighted by Crippen LogP contribution is -2.30. The van der Waals surface area contributed by atoms with Crippen LogP contribution in [-0.4, -0.2) is 29.0 Å². The van der Waals surface area contributed by atoms with Crippen LogP contribution in [0.2, 0.25) is 0 Å². The van der Waals surface area contributed by atoms with Crippen molar-refractivity contribution in [2.75, 3.05) is 12.3 Å². The van der Waals surface area contributed by atoms with Gasteiger partial charge in [0.15, 0.2) is 0 Å². The number of thioether (sulfide) groups is 1. The summed E-state index contributed by atoms with van der Waals surface area (Å²) in [4.78, 5) is 25.0. The van der Waals surface area contributed by atoms with Gasteiger partial charge < -0.3 is 0 Å². The molecule has 0 saturated carbocycles. The molecule has 0 aromatic carbocycles. The number of carbonyl (C=O) groups is 2. The van der Waals surface area contributed by atoms with Gasteiger partial charge in [-0.05, 0) is 17.1 Å². The Labute approximate surface area is 99.9 Å². The Balaban J connectivity index is 2.49. The molecule has 16 heavy (non-hydrogen) atoms. The Morgan fingerprint density at radius 1 is 1.44 bits per heavy atom. The van der Waals surface area contributed by atoms with Crippen molar-refractivity contribution in [1.82, 2.24) is 4.90 Å². The molecule has 4 heteroatoms. The second-order valence-corrected chi connectivity index (χ2v) is 4.60. The third-order valence-corrected chi connectivity index (χ3v) is 3.12. The Morgan fingerprint density at radius 3 is 2.56 bits per heavy atom. The molecule has 1 aliphatic heterocycles. The van der Waals surface area contributed by atoms with Gasteiger partial charge in [-0.1, -0.05) is 25.7 Å². The normalized spacial score (nSPS) is 16.1. The van der Waals surface area contributed by atoms with E-state index in [4.69, 9.17) is 0 Å². The van der Waals surface area contributed by atoms with Crippen LogP contribution in [0.3, 0.4) is 0 Å². The molecule has 1 heterocycles. The molecule has 1 aliphatic rings. The fraction of sp³-hybridized carbons (Fsp3) is 0.333. The first-order chi connectivity index (χ1) is 7.69. The molecule has 0 spiro atoms. The van der Waals surface area contributed by atoms with Gasteiger partial charge in [-0.15, -0.1) is 11.8 Å². The lowest BCUT2D eigenvalue weighted by molar-refractivity contribution is -0.136. The van der Waals surface area contributed by atoms with E-state index in [1.165, 1.54) is 17.1 Å². The lowest BCUT2D eigenvalue weighted by Gasteiger charge is -2.14. The van der Waals surface area contributed by atoms with E-state index in [0.29, 0.717) is 13.0 Å². The number of carbonyl (C=O) groups excluding carboxylic acids is 2. The molecule has 0 atom stereocenters. The molecular formula is C12H15NO2S. The molecule has 86 valence electrons. The SMILES string of the molecule is C=C/C=C(/CCN1C(=O)C=CC1=O)SCC. The average molecular weight is 237 g/mol. The first kappa shape index (κ1) is 12.8. The molecule has 0 saturated heterocycles. The van der Waals surface area contributed by atoms with E-state index in [9.17, 15) is 9.59 Å². The third-order valence-electron chi connectivity index (χ3n) is 2.12. The Morgan fingerprint density at radius 2 is 2.06 bits per heavy atom. The lowest BCUT2D eigenvalue weighted by atomic mass is 10.3. The second-order valence-electron chi connectivity index (χ2n) is 3.21. The highest BCUT2D eigenvalue weighted by Gasteiger charge is 2.22. The van der Waals surface area contributed by atoms with E-state index in [1.807, 2.05) is 6.08 Å². The van der Waals surface area contributed by atoms with Gasteiger partial charge in [0.1, 0.15) is 0 Å². The zero-order valence-electron chi connectivity index (χ0n) is 9.31. The largest absolute Gasteiger partial charge is 0.275 e. The molecule has 0 N–H and O–H groups in total. The topological polar surface area (TPSA) is 37.4 Å². The monoisotopic (exact) mass is 237 g/mol. The molecular weight excluding hydrogens is 222 g/mol. The van der Waals surface area contributed by atoms with Crippen molar-refractivity contribution in [3.05, 3.63) is 35.8 Å². The third kappa shape index (κ3) is 3.38. The van der Waals surface area contributed by atoms with Crippen molar-refractivity contribution in [3.8, 4) is 0 Å². The van der Waals surface area contributed by atoms with E-state index in [-0.39, 0.29) is 11.8 Å². The summed E-state index contributed by atoms with van der Waals surface area (Å²) in [5, 5.41) is 0. The minimum Gasteiger partial charge on any atom is -0.275 e. The first-order valence-corrected chi connectivity index (χ1v) is 6.15. The van der Waals surface area contributed by atoms with Crippen molar-refractivity contribution >= 4 is 23.6 Å². The van der Waals surface area contributed by atoms with Crippen LogP contribution in [0.5, 0.6) is 0 Å². The number of rotatable bonds is 6. The van der Waals surface area contributed by atoms with Crippen LogP contribution in [-0.2, 0) is 9.59 Å². The molecule has 1 rings (SSSR count). The standard InChI is InChI=1S/C12H15NO2S/c1-3-5-10(16-4-2)8-9-13-11(14)6-7-12(13)15/h3,5-7H,1,4,8-9H2,2H3/b10-5-. The molecule has 0 unspecified atom stereocenters. The summed E-state index contributed by atoms with van der Waals surface area (Å²) in [6, 6.07) is 0. The van der Waals surface area contributed by atoms with Crippen LogP contribution in [0.1, 0.15) is 13.3 Å². The highest BCUT2D eigenvalue weighted by Crippen LogP contribution is 2.20. The van der Waals surface area contributed by atoms with Gasteiger partial charge in [-0.25, -0.2) is 0 Å². The van der Waals surface area contributed by atoms with Crippen LogP contribution in [0, 0.1) is 0 Å². The number of hydrogen-bond donors (Lipinski definition) is 0. The molecule has 0 aromatic heterocycles. The summed E-state index contributed by atoms with van der Waals surface area (Å²) < 4.78 is 0. The number of nitrogens with zero attached hydrogens (tertiary/aromatic N) is 1. The molecule has 0 bridgehead atoms. The first-order valence-electron chi connectivity index (χ1n) is 5.17. The van der Waals surface area contributed by atoms with E-state index in [0.717, 1.165) is 10.7 Å². The fourth-order valence-electron chi connectivity index (χ4n) is 1.39. The summed E-state index contributed by atoms with van der Waals surface area (Å²) >= 11 is 1.71. The quantitative estimate of drug-likeness (QED) is 0.524. The number of hydrogen-bond acceptors (Lipinski definition) is 3. The van der Waals surface area contributed by atoms with Gasteiger partial charge in [0.05, 0.1) is 0 Å². The van der Waals surface area contributed by atoms with Crippen LogP contribution in [0.15, 0.2) is 35.8 Å². The molecule has 0 radical (unpaired) electrons. The summed E-state index contributed by atoms with van der Waals surface area (Å²) in [6.07, 6.45) is 6.97. The summed E-state index contributed by atoms with van der Waals surface area (Å²) in [6.45, 7) is 6.15. The molecule has 0 aromatic rings. The van der Waals surface area contributed by atoms with Crippen LogP contribution in [0.25, 0.3) is 0 Å². The number of imide groups is 1. The minimum absolute atomic E-state index is 0.218. The van der Waals surface area contributed by atoms with E-state index in [2.05, 4.69) is 13.5 Å². The zero-order valence-corrected chi connectivity index (χ0v) is 10.1. The van der Waals surface area contributed by atoms with Gasteiger partial charge >= 0.3 is 0 Å². The fourth-order valence-corrected chi connectivity index (χ4v) is 2.19. The Hall–Kier alpha value is -1.29. The molecule has 3 nitrogen and oxygen atoms in total. The van der Waals surface area contributed by atoms with Crippen LogP contribution in [0.4, 0.5) is 0 Å². The van der Waals surface area contributed by atoms with Crippen molar-refractivity contribution in [3.63, 3.8) is 0 Å². The molecule has 2 amide bonds. The molecule has 0 aliphatic carbocycles. The van der Waals surface area contributed by atoms with Crippen LogP contribution >= 0.6 is 11.8 Å². The maximum atomic E-state index is 11.3. The van der Waals surface area contributed by atoms with Crippen molar-refractivity contribution < 1.29 is 9.59 Å². The van der Waals surface area contributed by atoms with E-state index >= 15 is 0 Å². The highest BCUT2D eigenvalue weighted by atomic mass is 32.2. The van der Waals surface area contributed by atoms with Crippen molar-refractivity contribution in [1.29, 1.82) is 0 Å². The van der Waals surface area contributed by atoms with E-state index in [1.54, 1.807) is 17.8 Å². The van der Waals surface area contributed by atoms with Crippen molar-refractivity contribution in [2.24, 2.45) is 0 Å². The molecule has 0 fully saturated rings. The maximum absolute atomic E-state index is 11.3. The minimum atomic E-state index is -0.218.